The molecule has 5 heteroatoms. The highest BCUT2D eigenvalue weighted by Crippen LogP contribution is 2.18. The predicted molar refractivity (Wildman–Crippen MR) is 136 cm³/mol. The van der Waals surface area contributed by atoms with Gasteiger partial charge in [-0.25, -0.2) is 0 Å². The van der Waals surface area contributed by atoms with E-state index in [1.54, 1.807) is 4.90 Å². The molecule has 1 atom stereocenters. The summed E-state index contributed by atoms with van der Waals surface area (Å²) in [5.41, 5.74) is 3.16. The van der Waals surface area contributed by atoms with Crippen molar-refractivity contribution in [3.8, 4) is 5.75 Å². The third-order valence-electron chi connectivity index (χ3n) is 5.77. The van der Waals surface area contributed by atoms with Crippen LogP contribution in [-0.2, 0) is 22.6 Å². The van der Waals surface area contributed by atoms with Gasteiger partial charge in [-0.2, -0.15) is 0 Å². The minimum absolute atomic E-state index is 0.0490. The lowest BCUT2D eigenvalue weighted by Gasteiger charge is -2.32. The summed E-state index contributed by atoms with van der Waals surface area (Å²) in [6.45, 7) is 5.27. The lowest BCUT2D eigenvalue weighted by molar-refractivity contribution is -0.141. The fourth-order valence-corrected chi connectivity index (χ4v) is 3.89. The van der Waals surface area contributed by atoms with Crippen molar-refractivity contribution in [2.75, 3.05) is 13.2 Å². The molecule has 3 aromatic carbocycles. The maximum atomic E-state index is 13.5. The first-order valence-electron chi connectivity index (χ1n) is 11.9. The molecule has 0 spiro atoms. The lowest BCUT2D eigenvalue weighted by Crippen LogP contribution is -2.50. The lowest BCUT2D eigenvalue weighted by atomic mass is 10.0. The van der Waals surface area contributed by atoms with E-state index in [2.05, 4.69) is 5.32 Å². The number of hydrogen-bond donors (Lipinski definition) is 1. The first kappa shape index (κ1) is 25.0. The van der Waals surface area contributed by atoms with E-state index in [4.69, 9.17) is 4.74 Å². The van der Waals surface area contributed by atoms with E-state index < -0.39 is 6.04 Å². The topological polar surface area (TPSA) is 58.6 Å². The first-order chi connectivity index (χ1) is 16.6. The summed E-state index contributed by atoms with van der Waals surface area (Å²) in [6.07, 6.45) is 1.35. The summed E-state index contributed by atoms with van der Waals surface area (Å²) in [4.78, 5) is 28.4. The van der Waals surface area contributed by atoms with Crippen molar-refractivity contribution in [2.24, 2.45) is 0 Å². The van der Waals surface area contributed by atoms with Crippen LogP contribution in [0.3, 0.4) is 0 Å². The van der Waals surface area contributed by atoms with Crippen molar-refractivity contribution in [3.63, 3.8) is 0 Å². The number of carbonyl (C=O) groups excluding carboxylic acids is 2. The van der Waals surface area contributed by atoms with Gasteiger partial charge in [0.25, 0.3) is 0 Å². The Morgan fingerprint density at radius 3 is 2.24 bits per heavy atom. The van der Waals surface area contributed by atoms with E-state index in [0.717, 1.165) is 22.4 Å². The van der Waals surface area contributed by atoms with Gasteiger partial charge in [0.2, 0.25) is 11.8 Å². The van der Waals surface area contributed by atoms with Crippen LogP contribution < -0.4 is 10.1 Å². The van der Waals surface area contributed by atoms with Gasteiger partial charge in [-0.1, -0.05) is 72.8 Å². The fourth-order valence-electron chi connectivity index (χ4n) is 3.89. The van der Waals surface area contributed by atoms with Crippen molar-refractivity contribution in [1.82, 2.24) is 10.2 Å². The molecule has 0 aliphatic carbocycles. The van der Waals surface area contributed by atoms with Gasteiger partial charge in [0, 0.05) is 25.9 Å². The highest BCUT2D eigenvalue weighted by atomic mass is 16.5. The largest absolute Gasteiger partial charge is 0.494 e. The van der Waals surface area contributed by atoms with Crippen molar-refractivity contribution in [1.29, 1.82) is 0 Å². The molecule has 0 aliphatic rings. The minimum atomic E-state index is -0.593. The molecule has 0 radical (unpaired) electrons. The van der Waals surface area contributed by atoms with Gasteiger partial charge in [0.15, 0.2) is 0 Å². The Morgan fingerprint density at radius 1 is 0.912 bits per heavy atom. The van der Waals surface area contributed by atoms with E-state index >= 15 is 0 Å². The molecule has 1 N–H and O–H groups in total. The van der Waals surface area contributed by atoms with Gasteiger partial charge in [-0.3, -0.25) is 9.59 Å². The summed E-state index contributed by atoms with van der Waals surface area (Å²) in [6, 6.07) is 26.9. The van der Waals surface area contributed by atoms with Crippen molar-refractivity contribution in [2.45, 2.75) is 45.7 Å². The molecule has 3 aromatic rings. The first-order valence-corrected chi connectivity index (χ1v) is 11.9. The smallest absolute Gasteiger partial charge is 0.243 e. The average molecular weight is 459 g/mol. The van der Waals surface area contributed by atoms with Crippen molar-refractivity contribution >= 4 is 11.8 Å². The second-order valence-corrected chi connectivity index (χ2v) is 8.31. The number of rotatable bonds is 12. The molecule has 2 amide bonds. The number of carbonyl (C=O) groups is 2. The molecule has 0 heterocycles. The van der Waals surface area contributed by atoms with E-state index in [-0.39, 0.29) is 11.8 Å². The molecule has 5 nitrogen and oxygen atoms in total. The molecule has 0 aromatic heterocycles. The zero-order valence-electron chi connectivity index (χ0n) is 20.1. The Bertz CT molecular complexity index is 1040. The summed E-state index contributed by atoms with van der Waals surface area (Å²) < 4.78 is 5.77. The van der Waals surface area contributed by atoms with Crippen LogP contribution in [-0.4, -0.2) is 35.9 Å². The standard InChI is InChI=1S/C29H34N2O3/c1-3-30-29(33)27(21-24-14-6-4-7-15-24)31(22-25-16-11-10-13-23(25)2)28(32)19-12-20-34-26-17-8-5-9-18-26/h4-11,13-18,27H,3,12,19-22H2,1-2H3,(H,30,33)/t27-/m0/s1. The Balaban J connectivity index is 1.78. The van der Waals surface area contributed by atoms with E-state index in [1.807, 2.05) is 98.8 Å². The summed E-state index contributed by atoms with van der Waals surface area (Å²) in [5, 5.41) is 2.93. The van der Waals surface area contributed by atoms with Crippen LogP contribution in [0.5, 0.6) is 5.75 Å². The summed E-state index contributed by atoms with van der Waals surface area (Å²) in [5.74, 6) is 0.608. The number of nitrogens with one attached hydrogen (secondary N) is 1. The molecule has 34 heavy (non-hydrogen) atoms. The third kappa shape index (κ3) is 7.48. The number of ether oxygens (including phenoxy) is 1. The number of aryl methyl sites for hydroxylation is 1. The molecular weight excluding hydrogens is 424 g/mol. The minimum Gasteiger partial charge on any atom is -0.494 e. The molecule has 178 valence electrons. The highest BCUT2D eigenvalue weighted by molar-refractivity contribution is 5.88. The highest BCUT2D eigenvalue weighted by Gasteiger charge is 2.30. The fraction of sp³-hybridized carbons (Fsp3) is 0.310. The molecular formula is C29H34N2O3. The maximum Gasteiger partial charge on any atom is 0.243 e. The van der Waals surface area contributed by atoms with Gasteiger partial charge in [0.1, 0.15) is 11.8 Å². The van der Waals surface area contributed by atoms with Gasteiger partial charge < -0.3 is 15.0 Å². The third-order valence-corrected chi connectivity index (χ3v) is 5.77. The Hall–Kier alpha value is -3.60. The van der Waals surface area contributed by atoms with Gasteiger partial charge in [0.05, 0.1) is 6.61 Å². The van der Waals surface area contributed by atoms with Gasteiger partial charge in [-0.15, -0.1) is 0 Å². The predicted octanol–water partition coefficient (Wildman–Crippen LogP) is 4.93. The van der Waals surface area contributed by atoms with E-state index in [0.29, 0.717) is 39.0 Å². The van der Waals surface area contributed by atoms with Crippen LogP contribution in [0.4, 0.5) is 0 Å². The second-order valence-electron chi connectivity index (χ2n) is 8.31. The number of hydrogen-bond acceptors (Lipinski definition) is 3. The molecule has 0 saturated heterocycles. The second kappa shape index (κ2) is 13.2. The molecule has 0 bridgehead atoms. The monoisotopic (exact) mass is 458 g/mol. The Labute approximate surface area is 202 Å². The number of para-hydroxylation sites is 1. The van der Waals surface area contributed by atoms with Gasteiger partial charge in [-0.05, 0) is 49.1 Å². The maximum absolute atomic E-state index is 13.5. The molecule has 3 rings (SSSR count). The van der Waals surface area contributed by atoms with E-state index in [9.17, 15) is 9.59 Å². The molecule has 0 fully saturated rings. The van der Waals surface area contributed by atoms with Crippen LogP contribution in [0, 0.1) is 6.92 Å². The zero-order valence-corrected chi connectivity index (χ0v) is 20.1. The van der Waals surface area contributed by atoms with Crippen LogP contribution in [0.15, 0.2) is 84.9 Å². The number of benzene rings is 3. The van der Waals surface area contributed by atoms with Crippen molar-refractivity contribution < 1.29 is 14.3 Å². The molecule has 0 aliphatic heterocycles. The van der Waals surface area contributed by atoms with Crippen LogP contribution in [0.25, 0.3) is 0 Å². The van der Waals surface area contributed by atoms with Crippen LogP contribution in [0.2, 0.25) is 0 Å². The zero-order chi connectivity index (χ0) is 24.2. The number of amides is 2. The molecule has 0 unspecified atom stereocenters. The van der Waals surface area contributed by atoms with Gasteiger partial charge >= 0.3 is 0 Å². The van der Waals surface area contributed by atoms with E-state index in [1.165, 1.54) is 0 Å². The van der Waals surface area contributed by atoms with Crippen molar-refractivity contribution in [3.05, 3.63) is 102 Å². The average Bonchev–Trinajstić information content (AvgIpc) is 2.86. The number of nitrogens with zero attached hydrogens (tertiary/aromatic N) is 1. The normalized spacial score (nSPS) is 11.5. The summed E-state index contributed by atoms with van der Waals surface area (Å²) in [7, 11) is 0. The SMILES string of the molecule is CCNC(=O)[C@H](Cc1ccccc1)N(Cc1ccccc1C)C(=O)CCCOc1ccccc1. The Morgan fingerprint density at radius 2 is 1.56 bits per heavy atom. The quantitative estimate of drug-likeness (QED) is 0.392. The summed E-state index contributed by atoms with van der Waals surface area (Å²) >= 11 is 0. The van der Waals surface area contributed by atoms with Crippen LogP contribution >= 0.6 is 0 Å². The molecule has 0 saturated carbocycles. The van der Waals surface area contributed by atoms with Crippen LogP contribution in [0.1, 0.15) is 36.5 Å². The number of likely N-dealkylation sites (N-methyl/N-ethyl adjacent to an activating group) is 1. The Kier molecular flexibility index (Phi) is 9.71.